The van der Waals surface area contributed by atoms with E-state index in [2.05, 4.69) is 4.98 Å². The van der Waals surface area contributed by atoms with Gasteiger partial charge in [0.1, 0.15) is 17.7 Å². The number of hydrogen-bond donors (Lipinski definition) is 2. The highest BCUT2D eigenvalue weighted by molar-refractivity contribution is 5.71. The van der Waals surface area contributed by atoms with E-state index >= 15 is 0 Å². The maximum Gasteiger partial charge on any atom is 0.425 e. The molecule has 0 amide bonds. The van der Waals surface area contributed by atoms with Crippen LogP contribution in [0.2, 0.25) is 0 Å². The first-order valence-corrected chi connectivity index (χ1v) is 8.44. The predicted octanol–water partition coefficient (Wildman–Crippen LogP) is 3.68. The molecular weight excluding hydrogens is 418 g/mol. The van der Waals surface area contributed by atoms with E-state index in [1.807, 2.05) is 6.07 Å². The molecular formula is C19H14F6N2O3. The van der Waals surface area contributed by atoms with Crippen molar-refractivity contribution in [2.45, 2.75) is 30.3 Å². The van der Waals surface area contributed by atoms with E-state index in [-0.39, 0.29) is 29.2 Å². The summed E-state index contributed by atoms with van der Waals surface area (Å²) in [4.78, 5) is 3.77. The fraction of sp³-hybridized carbons (Fsp3) is 0.368. The van der Waals surface area contributed by atoms with Crippen LogP contribution in [0.25, 0.3) is 11.3 Å². The van der Waals surface area contributed by atoms with E-state index in [4.69, 9.17) is 4.74 Å². The molecule has 1 aliphatic rings. The van der Waals surface area contributed by atoms with Crippen molar-refractivity contribution in [3.8, 4) is 23.1 Å². The van der Waals surface area contributed by atoms with Gasteiger partial charge in [-0.25, -0.2) is 4.98 Å². The van der Waals surface area contributed by atoms with Crippen LogP contribution in [-0.2, 0) is 17.2 Å². The molecule has 2 atom stereocenters. The van der Waals surface area contributed by atoms with Gasteiger partial charge in [0, 0.05) is 11.1 Å². The quantitative estimate of drug-likeness (QED) is 0.723. The van der Waals surface area contributed by atoms with Gasteiger partial charge in [0.15, 0.2) is 5.75 Å². The van der Waals surface area contributed by atoms with Gasteiger partial charge in [0.25, 0.3) is 0 Å². The number of pyridine rings is 1. The monoisotopic (exact) mass is 432 g/mol. The van der Waals surface area contributed by atoms with Gasteiger partial charge in [-0.2, -0.15) is 31.6 Å². The lowest BCUT2D eigenvalue weighted by Crippen LogP contribution is -2.46. The lowest BCUT2D eigenvalue weighted by molar-refractivity contribution is -0.279. The summed E-state index contributed by atoms with van der Waals surface area (Å²) < 4.78 is 84.3. The smallest absolute Gasteiger partial charge is 0.425 e. The predicted molar refractivity (Wildman–Crippen MR) is 90.2 cm³/mol. The van der Waals surface area contributed by atoms with Crippen LogP contribution < -0.4 is 4.74 Å². The summed E-state index contributed by atoms with van der Waals surface area (Å²) in [5, 5.41) is 28.8. The Labute approximate surface area is 166 Å². The minimum absolute atomic E-state index is 0.0224. The lowest BCUT2D eigenvalue weighted by atomic mass is 9.84. The highest BCUT2D eigenvalue weighted by atomic mass is 19.4. The summed E-state index contributed by atoms with van der Waals surface area (Å²) in [5.41, 5.74) is -7.46. The van der Waals surface area contributed by atoms with E-state index in [0.717, 1.165) is 30.3 Å². The molecule has 160 valence electrons. The zero-order chi connectivity index (χ0) is 22.5. The molecule has 0 spiro atoms. The summed E-state index contributed by atoms with van der Waals surface area (Å²) in [6.07, 6.45) is -9.94. The molecule has 0 fully saturated rings. The highest BCUT2D eigenvalue weighted by Crippen LogP contribution is 2.47. The van der Waals surface area contributed by atoms with Gasteiger partial charge in [-0.15, -0.1) is 0 Å². The Morgan fingerprint density at radius 2 is 1.77 bits per heavy atom. The van der Waals surface area contributed by atoms with Gasteiger partial charge < -0.3 is 14.9 Å². The van der Waals surface area contributed by atoms with Crippen molar-refractivity contribution in [1.29, 1.82) is 5.26 Å². The number of nitrogens with zero attached hydrogens (tertiary/aromatic N) is 2. The van der Waals surface area contributed by atoms with E-state index < -0.39 is 41.2 Å². The van der Waals surface area contributed by atoms with Crippen molar-refractivity contribution in [2.75, 3.05) is 13.2 Å². The molecule has 1 aliphatic heterocycles. The number of fused-ring (bicyclic) bond motifs is 1. The number of aromatic nitrogens is 1. The van der Waals surface area contributed by atoms with E-state index in [0.29, 0.717) is 0 Å². The van der Waals surface area contributed by atoms with Crippen LogP contribution in [0.15, 0.2) is 30.3 Å². The molecule has 11 heteroatoms. The Bertz CT molecular complexity index is 1010. The highest BCUT2D eigenvalue weighted by Gasteiger charge is 2.57. The van der Waals surface area contributed by atoms with Gasteiger partial charge in [0.2, 0.25) is 5.60 Å². The molecule has 3 rings (SSSR count). The first kappa shape index (κ1) is 21.9. The summed E-state index contributed by atoms with van der Waals surface area (Å²) in [7, 11) is 0. The van der Waals surface area contributed by atoms with Crippen molar-refractivity contribution in [2.24, 2.45) is 0 Å². The number of hydrogen-bond acceptors (Lipinski definition) is 5. The van der Waals surface area contributed by atoms with Crippen LogP contribution in [0, 0.1) is 11.3 Å². The molecule has 0 bridgehead atoms. The second kappa shape index (κ2) is 6.85. The van der Waals surface area contributed by atoms with Gasteiger partial charge in [0.05, 0.1) is 23.9 Å². The van der Waals surface area contributed by atoms with E-state index in [1.165, 1.54) is 6.92 Å². The van der Waals surface area contributed by atoms with Crippen molar-refractivity contribution in [3.63, 3.8) is 0 Å². The van der Waals surface area contributed by atoms with Gasteiger partial charge >= 0.3 is 12.4 Å². The maximum absolute atomic E-state index is 13.5. The maximum atomic E-state index is 13.5. The van der Waals surface area contributed by atoms with E-state index in [9.17, 15) is 41.8 Å². The summed E-state index contributed by atoms with van der Waals surface area (Å²) in [6, 6.07) is 6.16. The Hall–Kier alpha value is -2.84. The number of aliphatic hydroxyl groups is 2. The largest absolute Gasteiger partial charge is 0.489 e. The Morgan fingerprint density at radius 1 is 1.17 bits per heavy atom. The summed E-state index contributed by atoms with van der Waals surface area (Å²) >= 11 is 0. The van der Waals surface area contributed by atoms with Crippen LogP contribution in [0.3, 0.4) is 0 Å². The third-order valence-electron chi connectivity index (χ3n) is 4.93. The molecule has 2 N–H and O–H groups in total. The van der Waals surface area contributed by atoms with Crippen LogP contribution >= 0.6 is 0 Å². The second-order valence-electron chi connectivity index (χ2n) is 7.06. The average molecular weight is 432 g/mol. The molecule has 0 saturated carbocycles. The Kier molecular flexibility index (Phi) is 4.99. The van der Waals surface area contributed by atoms with Gasteiger partial charge in [-0.3, -0.25) is 0 Å². The second-order valence-corrected chi connectivity index (χ2v) is 7.06. The molecule has 0 aliphatic carbocycles. The first-order chi connectivity index (χ1) is 13.8. The van der Waals surface area contributed by atoms with Crippen molar-refractivity contribution >= 4 is 0 Å². The average Bonchev–Trinajstić information content (AvgIpc) is 3.02. The SMILES string of the molecule is CC1(C#N)COc2c1cc(C(O)(CO)C(F)(F)F)nc2-c1ccc(C(F)(F)F)cc1. The number of aliphatic hydroxyl groups excluding tert-OH is 1. The molecule has 5 nitrogen and oxygen atoms in total. The van der Waals surface area contributed by atoms with E-state index in [1.54, 1.807) is 0 Å². The number of rotatable bonds is 3. The molecule has 0 radical (unpaired) electrons. The third kappa shape index (κ3) is 3.36. The first-order valence-electron chi connectivity index (χ1n) is 8.44. The molecule has 2 unspecified atom stereocenters. The molecule has 2 heterocycles. The normalized spacial score (nSPS) is 20.8. The standard InChI is InChI=1S/C19H14F6N2O3/c1-16(7-26)9-30-15-12(16)6-13(17(29,8-28)19(23,24)25)27-14(15)10-2-4-11(5-3-10)18(20,21)22/h2-6,28-29H,8-9H2,1H3. The molecule has 1 aromatic heterocycles. The number of alkyl halides is 6. The van der Waals surface area contributed by atoms with Crippen molar-refractivity contribution in [3.05, 3.63) is 47.2 Å². The third-order valence-corrected chi connectivity index (χ3v) is 4.93. The minimum Gasteiger partial charge on any atom is -0.489 e. The fourth-order valence-electron chi connectivity index (χ4n) is 3.02. The Balaban J connectivity index is 2.28. The topological polar surface area (TPSA) is 86.4 Å². The van der Waals surface area contributed by atoms with Crippen LogP contribution in [0.5, 0.6) is 5.75 Å². The number of nitriles is 1. The summed E-state index contributed by atoms with van der Waals surface area (Å²) in [6.45, 7) is -0.592. The molecule has 30 heavy (non-hydrogen) atoms. The van der Waals surface area contributed by atoms with Crippen LogP contribution in [0.1, 0.15) is 23.7 Å². The molecule has 2 aromatic rings. The zero-order valence-corrected chi connectivity index (χ0v) is 15.3. The number of halogens is 6. The fourth-order valence-corrected chi connectivity index (χ4v) is 3.02. The van der Waals surface area contributed by atoms with Gasteiger partial charge in [-0.05, 0) is 25.1 Å². The summed E-state index contributed by atoms with van der Waals surface area (Å²) in [5.74, 6) is -0.0787. The Morgan fingerprint density at radius 3 is 2.23 bits per heavy atom. The lowest BCUT2D eigenvalue weighted by Gasteiger charge is -2.29. The minimum atomic E-state index is -5.32. The molecule has 1 aromatic carbocycles. The zero-order valence-electron chi connectivity index (χ0n) is 15.3. The van der Waals surface area contributed by atoms with Crippen molar-refractivity contribution < 1.29 is 41.3 Å². The molecule has 0 saturated heterocycles. The number of benzene rings is 1. The van der Waals surface area contributed by atoms with Crippen molar-refractivity contribution in [1.82, 2.24) is 4.98 Å². The van der Waals surface area contributed by atoms with Crippen LogP contribution in [-0.4, -0.2) is 34.6 Å². The number of ether oxygens (including phenoxy) is 1. The van der Waals surface area contributed by atoms with Crippen LogP contribution in [0.4, 0.5) is 26.3 Å². The van der Waals surface area contributed by atoms with Gasteiger partial charge in [-0.1, -0.05) is 12.1 Å².